The van der Waals surface area contributed by atoms with Gasteiger partial charge >= 0.3 is 11.9 Å². The Hall–Kier alpha value is -3.47. The van der Waals surface area contributed by atoms with E-state index in [1.54, 1.807) is 44.2 Å². The van der Waals surface area contributed by atoms with Gasteiger partial charge in [0.1, 0.15) is 18.1 Å². The van der Waals surface area contributed by atoms with E-state index in [1.165, 1.54) is 0 Å². The average Bonchev–Trinajstić information content (AvgIpc) is 3.34. The van der Waals surface area contributed by atoms with Crippen molar-refractivity contribution in [1.82, 2.24) is 21.3 Å². The molecule has 35 heavy (non-hydrogen) atoms. The van der Waals surface area contributed by atoms with E-state index in [0.717, 1.165) is 12.0 Å². The number of nitrogens with one attached hydrogen (secondary N) is 4. The monoisotopic (exact) mass is 490 g/mol. The molecule has 1 aliphatic heterocycles. The minimum Gasteiger partial charge on any atom is -0.481 e. The second-order valence-corrected chi connectivity index (χ2v) is 8.96. The van der Waals surface area contributed by atoms with Gasteiger partial charge in [0, 0.05) is 12.8 Å². The Kier molecular flexibility index (Phi) is 10.7. The topological polar surface area (TPSA) is 174 Å². The number of rotatable bonds is 13. The normalized spacial score (nSPS) is 17.7. The Morgan fingerprint density at radius 3 is 2.17 bits per heavy atom. The van der Waals surface area contributed by atoms with Gasteiger partial charge in [-0.1, -0.05) is 44.2 Å². The molecule has 1 fully saturated rings. The predicted octanol–water partition coefficient (Wildman–Crippen LogP) is 0.0409. The minimum atomic E-state index is -1.20. The molecule has 4 atom stereocenters. The Morgan fingerprint density at radius 2 is 1.63 bits per heavy atom. The maximum Gasteiger partial charge on any atom is 0.326 e. The van der Waals surface area contributed by atoms with E-state index in [0.29, 0.717) is 13.0 Å². The van der Waals surface area contributed by atoms with Gasteiger partial charge in [-0.25, -0.2) is 4.79 Å². The summed E-state index contributed by atoms with van der Waals surface area (Å²) in [5, 5.41) is 29.2. The van der Waals surface area contributed by atoms with Crippen LogP contribution in [-0.2, 0) is 30.4 Å². The SMILES string of the molecule is CC(C)C(NC(=O)C(Cc1ccccc1)NC(=O)C(CCC(=O)O)NC(=O)C1CCCN1)C(=O)O. The van der Waals surface area contributed by atoms with Gasteiger partial charge in [-0.05, 0) is 37.3 Å². The van der Waals surface area contributed by atoms with E-state index < -0.39 is 59.7 Å². The van der Waals surface area contributed by atoms with Crippen molar-refractivity contribution in [3.8, 4) is 0 Å². The number of benzene rings is 1. The lowest BCUT2D eigenvalue weighted by Crippen LogP contribution is -2.58. The van der Waals surface area contributed by atoms with Gasteiger partial charge in [0.15, 0.2) is 0 Å². The number of amides is 3. The highest BCUT2D eigenvalue weighted by molar-refractivity contribution is 5.94. The van der Waals surface area contributed by atoms with Gasteiger partial charge in [0.2, 0.25) is 17.7 Å². The molecule has 6 N–H and O–H groups in total. The average molecular weight is 491 g/mol. The van der Waals surface area contributed by atoms with Gasteiger partial charge in [0.05, 0.1) is 6.04 Å². The number of carboxylic acid groups (broad SMARTS) is 2. The highest BCUT2D eigenvalue weighted by Gasteiger charge is 2.32. The summed E-state index contributed by atoms with van der Waals surface area (Å²) >= 11 is 0. The van der Waals surface area contributed by atoms with Crippen molar-refractivity contribution in [3.05, 3.63) is 35.9 Å². The zero-order valence-electron chi connectivity index (χ0n) is 20.0. The first-order valence-electron chi connectivity index (χ1n) is 11.7. The highest BCUT2D eigenvalue weighted by Crippen LogP contribution is 2.10. The minimum absolute atomic E-state index is 0.0760. The molecule has 0 aliphatic carbocycles. The Balaban J connectivity index is 2.20. The third-order valence-electron chi connectivity index (χ3n) is 5.80. The molecule has 0 spiro atoms. The van der Waals surface area contributed by atoms with Crippen LogP contribution in [0.25, 0.3) is 0 Å². The summed E-state index contributed by atoms with van der Waals surface area (Å²) in [6.07, 6.45) is 0.962. The first-order chi connectivity index (χ1) is 16.6. The third kappa shape index (κ3) is 9.01. The van der Waals surface area contributed by atoms with Crippen molar-refractivity contribution in [1.29, 1.82) is 0 Å². The summed E-state index contributed by atoms with van der Waals surface area (Å²) in [7, 11) is 0. The highest BCUT2D eigenvalue weighted by atomic mass is 16.4. The van der Waals surface area contributed by atoms with Crippen LogP contribution in [0.15, 0.2) is 30.3 Å². The van der Waals surface area contributed by atoms with Crippen LogP contribution in [0.2, 0.25) is 0 Å². The van der Waals surface area contributed by atoms with Crippen LogP contribution in [0, 0.1) is 5.92 Å². The van der Waals surface area contributed by atoms with E-state index in [1.807, 2.05) is 0 Å². The fourth-order valence-corrected chi connectivity index (χ4v) is 3.82. The summed E-state index contributed by atoms with van der Waals surface area (Å²) in [6.45, 7) is 3.97. The van der Waals surface area contributed by atoms with E-state index in [2.05, 4.69) is 21.3 Å². The summed E-state index contributed by atoms with van der Waals surface area (Å²) in [5.41, 5.74) is 0.727. The molecular weight excluding hydrogens is 456 g/mol. The molecule has 0 radical (unpaired) electrons. The zero-order valence-corrected chi connectivity index (χ0v) is 20.0. The Morgan fingerprint density at radius 1 is 0.971 bits per heavy atom. The van der Waals surface area contributed by atoms with Crippen LogP contribution >= 0.6 is 0 Å². The van der Waals surface area contributed by atoms with Crippen molar-refractivity contribution in [3.63, 3.8) is 0 Å². The summed E-state index contributed by atoms with van der Waals surface area (Å²) < 4.78 is 0. The molecule has 1 aliphatic rings. The Bertz CT molecular complexity index is 900. The lowest BCUT2D eigenvalue weighted by Gasteiger charge is -2.26. The van der Waals surface area contributed by atoms with Crippen LogP contribution in [0.3, 0.4) is 0 Å². The fraction of sp³-hybridized carbons (Fsp3) is 0.542. The molecule has 0 saturated carbocycles. The van der Waals surface area contributed by atoms with Gasteiger partial charge < -0.3 is 31.5 Å². The molecule has 3 amide bonds. The number of aliphatic carboxylic acids is 2. The van der Waals surface area contributed by atoms with Crippen molar-refractivity contribution in [2.45, 2.75) is 70.1 Å². The van der Waals surface area contributed by atoms with Gasteiger partial charge in [-0.3, -0.25) is 19.2 Å². The summed E-state index contributed by atoms with van der Waals surface area (Å²) in [4.78, 5) is 61.4. The number of hydrogen-bond acceptors (Lipinski definition) is 6. The maximum atomic E-state index is 13.1. The van der Waals surface area contributed by atoms with Crippen LogP contribution in [0.5, 0.6) is 0 Å². The largest absolute Gasteiger partial charge is 0.481 e. The first kappa shape index (κ1) is 27.8. The number of carbonyl (C=O) groups excluding carboxylic acids is 3. The Labute approximate surface area is 204 Å². The molecule has 0 aromatic heterocycles. The van der Waals surface area contributed by atoms with Gasteiger partial charge in [-0.15, -0.1) is 0 Å². The number of carbonyl (C=O) groups is 5. The van der Waals surface area contributed by atoms with Crippen LogP contribution < -0.4 is 21.3 Å². The van der Waals surface area contributed by atoms with Crippen molar-refractivity contribution >= 4 is 29.7 Å². The molecule has 2 rings (SSSR count). The molecule has 1 aromatic carbocycles. The summed E-state index contributed by atoms with van der Waals surface area (Å²) in [6, 6.07) is 4.92. The predicted molar refractivity (Wildman–Crippen MR) is 126 cm³/mol. The van der Waals surface area contributed by atoms with Crippen LogP contribution in [0.4, 0.5) is 0 Å². The van der Waals surface area contributed by atoms with Crippen molar-refractivity contribution < 1.29 is 34.2 Å². The molecule has 192 valence electrons. The number of hydrogen-bond donors (Lipinski definition) is 6. The van der Waals surface area contributed by atoms with E-state index >= 15 is 0 Å². The molecule has 0 bridgehead atoms. The van der Waals surface area contributed by atoms with Crippen LogP contribution in [-0.4, -0.2) is 70.6 Å². The second kappa shape index (κ2) is 13.4. The quantitative estimate of drug-likeness (QED) is 0.225. The molecule has 1 heterocycles. The third-order valence-corrected chi connectivity index (χ3v) is 5.80. The van der Waals surface area contributed by atoms with E-state index in [4.69, 9.17) is 5.11 Å². The van der Waals surface area contributed by atoms with Crippen molar-refractivity contribution in [2.24, 2.45) is 5.92 Å². The summed E-state index contributed by atoms with van der Waals surface area (Å²) in [5.74, 6) is -4.55. The molecular formula is C24H34N4O7. The number of carboxylic acids is 2. The molecule has 1 saturated heterocycles. The molecule has 1 aromatic rings. The zero-order chi connectivity index (χ0) is 26.0. The molecule has 4 unspecified atom stereocenters. The van der Waals surface area contributed by atoms with Gasteiger partial charge in [0.25, 0.3) is 0 Å². The second-order valence-electron chi connectivity index (χ2n) is 8.96. The maximum absolute atomic E-state index is 13.1. The molecule has 11 heteroatoms. The van der Waals surface area contributed by atoms with Crippen LogP contribution in [0.1, 0.15) is 45.1 Å². The van der Waals surface area contributed by atoms with E-state index in [-0.39, 0.29) is 19.3 Å². The lowest BCUT2D eigenvalue weighted by molar-refractivity contribution is -0.143. The van der Waals surface area contributed by atoms with E-state index in [9.17, 15) is 29.1 Å². The lowest BCUT2D eigenvalue weighted by atomic mass is 10.0. The molecule has 11 nitrogen and oxygen atoms in total. The van der Waals surface area contributed by atoms with Gasteiger partial charge in [-0.2, -0.15) is 0 Å². The standard InChI is InChI=1S/C24H34N4O7/c1-14(2)20(24(34)35)28-23(33)18(13-15-7-4-3-5-8-15)27-22(32)17(10-11-19(29)30)26-21(31)16-9-6-12-25-16/h3-5,7-8,14,16-18,20,25H,6,9-13H2,1-2H3,(H,26,31)(H,27,32)(H,28,33)(H,29,30)(H,34,35). The van der Waals surface area contributed by atoms with Crippen molar-refractivity contribution in [2.75, 3.05) is 6.54 Å². The first-order valence-corrected chi connectivity index (χ1v) is 11.7. The fourth-order valence-electron chi connectivity index (χ4n) is 3.82. The smallest absolute Gasteiger partial charge is 0.326 e.